The van der Waals surface area contributed by atoms with Crippen LogP contribution in [-0.2, 0) is 0 Å². The summed E-state index contributed by atoms with van der Waals surface area (Å²) in [6.07, 6.45) is 0.729. The Kier molecular flexibility index (Phi) is 4.74. The molecule has 14 heavy (non-hydrogen) atoms. The summed E-state index contributed by atoms with van der Waals surface area (Å²) in [4.78, 5) is 0. The fourth-order valence-corrected chi connectivity index (χ4v) is 1.52. The van der Waals surface area contributed by atoms with Crippen LogP contribution < -0.4 is 0 Å². The number of benzene rings is 1. The lowest BCUT2D eigenvalue weighted by molar-refractivity contribution is 0.628. The molecule has 0 aromatic heterocycles. The van der Waals surface area contributed by atoms with Crippen molar-refractivity contribution in [3.8, 4) is 11.8 Å². The molecule has 0 unspecified atom stereocenters. The van der Waals surface area contributed by atoms with Crippen molar-refractivity contribution < 1.29 is 4.39 Å². The molecule has 0 amide bonds. The van der Waals surface area contributed by atoms with Crippen LogP contribution in [0.25, 0.3) is 0 Å². The maximum Gasteiger partial charge on any atom is 0.160 e. The van der Waals surface area contributed by atoms with Gasteiger partial charge in [0.25, 0.3) is 0 Å². The number of hydrogen-bond acceptors (Lipinski definition) is 0. The third-order valence-electron chi connectivity index (χ3n) is 1.44. The van der Waals surface area contributed by atoms with Crippen molar-refractivity contribution in [3.05, 3.63) is 33.6 Å². The van der Waals surface area contributed by atoms with Crippen LogP contribution in [0.5, 0.6) is 0 Å². The molecule has 0 radical (unpaired) electrons. The maximum atomic E-state index is 13.0. The SMILES string of the molecule is Fc1c(Cl)cc(C#CCCBr)cc1Cl. The normalized spacial score (nSPS) is 9.43. The maximum absolute atomic E-state index is 13.0. The van der Waals surface area contributed by atoms with Crippen LogP contribution in [0.1, 0.15) is 12.0 Å². The van der Waals surface area contributed by atoms with Gasteiger partial charge in [-0.3, -0.25) is 0 Å². The molecular weight excluding hydrogens is 290 g/mol. The Morgan fingerprint density at radius 2 is 1.86 bits per heavy atom. The van der Waals surface area contributed by atoms with Crippen LogP contribution in [0.3, 0.4) is 0 Å². The number of halogens is 4. The van der Waals surface area contributed by atoms with Gasteiger partial charge in [0.15, 0.2) is 5.82 Å². The second-order valence-corrected chi connectivity index (χ2v) is 4.10. The molecular formula is C10H6BrCl2F. The van der Waals surface area contributed by atoms with E-state index < -0.39 is 5.82 Å². The molecule has 0 saturated carbocycles. The second-order valence-electron chi connectivity index (χ2n) is 2.49. The predicted octanol–water partition coefficient (Wildman–Crippen LogP) is 4.27. The van der Waals surface area contributed by atoms with E-state index in [1.54, 1.807) is 0 Å². The van der Waals surface area contributed by atoms with E-state index in [2.05, 4.69) is 27.8 Å². The zero-order valence-electron chi connectivity index (χ0n) is 7.08. The minimum Gasteiger partial charge on any atom is -0.204 e. The summed E-state index contributed by atoms with van der Waals surface area (Å²) >= 11 is 14.4. The zero-order chi connectivity index (χ0) is 10.6. The van der Waals surface area contributed by atoms with Crippen molar-refractivity contribution in [1.82, 2.24) is 0 Å². The lowest BCUT2D eigenvalue weighted by Crippen LogP contribution is -1.82. The molecule has 1 rings (SSSR count). The van der Waals surface area contributed by atoms with E-state index in [1.807, 2.05) is 0 Å². The average molecular weight is 296 g/mol. The monoisotopic (exact) mass is 294 g/mol. The van der Waals surface area contributed by atoms with Gasteiger partial charge in [-0.1, -0.05) is 51.0 Å². The van der Waals surface area contributed by atoms with Crippen molar-refractivity contribution in [3.63, 3.8) is 0 Å². The van der Waals surface area contributed by atoms with Crippen LogP contribution in [-0.4, -0.2) is 5.33 Å². The summed E-state index contributed by atoms with van der Waals surface area (Å²) in [5.74, 6) is 5.13. The first-order valence-electron chi connectivity index (χ1n) is 3.84. The van der Waals surface area contributed by atoms with E-state index >= 15 is 0 Å². The summed E-state index contributed by atoms with van der Waals surface area (Å²) in [5, 5.41) is 0.809. The highest BCUT2D eigenvalue weighted by atomic mass is 79.9. The van der Waals surface area contributed by atoms with Crippen molar-refractivity contribution in [2.75, 3.05) is 5.33 Å². The minimum atomic E-state index is -0.598. The van der Waals surface area contributed by atoms with Gasteiger partial charge in [0.05, 0.1) is 10.0 Å². The fourth-order valence-electron chi connectivity index (χ4n) is 0.839. The highest BCUT2D eigenvalue weighted by Crippen LogP contribution is 2.24. The van der Waals surface area contributed by atoms with Crippen LogP contribution >= 0.6 is 39.1 Å². The Labute approximate surface area is 101 Å². The standard InChI is InChI=1S/C10H6BrCl2F/c11-4-2-1-3-7-5-8(12)10(14)9(13)6-7/h5-6H,2,4H2. The van der Waals surface area contributed by atoms with Crippen LogP contribution in [0.4, 0.5) is 4.39 Å². The smallest absolute Gasteiger partial charge is 0.160 e. The lowest BCUT2D eigenvalue weighted by atomic mass is 10.2. The molecule has 0 N–H and O–H groups in total. The van der Waals surface area contributed by atoms with E-state index in [0.717, 1.165) is 11.8 Å². The summed E-state index contributed by atoms with van der Waals surface area (Å²) < 4.78 is 13.0. The lowest BCUT2D eigenvalue weighted by Gasteiger charge is -1.97. The van der Waals surface area contributed by atoms with Gasteiger partial charge < -0.3 is 0 Å². The molecule has 0 aliphatic carbocycles. The number of hydrogen-bond donors (Lipinski definition) is 0. The highest BCUT2D eigenvalue weighted by Gasteiger charge is 2.05. The van der Waals surface area contributed by atoms with Gasteiger partial charge in [-0.15, -0.1) is 0 Å². The summed E-state index contributed by atoms with van der Waals surface area (Å²) in [7, 11) is 0. The Bertz CT molecular complexity index is 370. The third kappa shape index (κ3) is 3.16. The molecule has 0 fully saturated rings. The Balaban J connectivity index is 2.97. The van der Waals surface area contributed by atoms with Gasteiger partial charge in [0.2, 0.25) is 0 Å². The fraction of sp³-hybridized carbons (Fsp3) is 0.200. The van der Waals surface area contributed by atoms with Crippen molar-refractivity contribution in [2.24, 2.45) is 0 Å². The molecule has 1 aromatic rings. The van der Waals surface area contributed by atoms with E-state index in [4.69, 9.17) is 23.2 Å². The van der Waals surface area contributed by atoms with E-state index in [9.17, 15) is 4.39 Å². The quantitative estimate of drug-likeness (QED) is 0.412. The van der Waals surface area contributed by atoms with Gasteiger partial charge in [0, 0.05) is 17.3 Å². The molecule has 0 atom stereocenters. The molecule has 0 aliphatic heterocycles. The Morgan fingerprint density at radius 3 is 2.36 bits per heavy atom. The first-order chi connectivity index (χ1) is 6.65. The van der Waals surface area contributed by atoms with Crippen LogP contribution in [0.2, 0.25) is 10.0 Å². The summed E-state index contributed by atoms with van der Waals surface area (Å²) in [6.45, 7) is 0. The molecule has 0 heterocycles. The van der Waals surface area contributed by atoms with Crippen molar-refractivity contribution in [2.45, 2.75) is 6.42 Å². The average Bonchev–Trinajstić information content (AvgIpc) is 2.14. The summed E-state index contributed by atoms with van der Waals surface area (Å²) in [6, 6.07) is 2.92. The van der Waals surface area contributed by atoms with Crippen molar-refractivity contribution in [1.29, 1.82) is 0 Å². The number of rotatable bonds is 1. The molecule has 0 nitrogen and oxygen atoms in total. The van der Waals surface area contributed by atoms with Gasteiger partial charge in [-0.25, -0.2) is 4.39 Å². The van der Waals surface area contributed by atoms with Crippen molar-refractivity contribution >= 4 is 39.1 Å². The van der Waals surface area contributed by atoms with Gasteiger partial charge in [-0.2, -0.15) is 0 Å². The zero-order valence-corrected chi connectivity index (χ0v) is 10.2. The molecule has 74 valence electrons. The predicted molar refractivity (Wildman–Crippen MR) is 61.7 cm³/mol. The number of alkyl halides is 1. The van der Waals surface area contributed by atoms with Gasteiger partial charge in [0.1, 0.15) is 0 Å². The van der Waals surface area contributed by atoms with Crippen LogP contribution in [0.15, 0.2) is 12.1 Å². The first kappa shape index (κ1) is 11.8. The molecule has 0 bridgehead atoms. The second kappa shape index (κ2) is 5.60. The largest absolute Gasteiger partial charge is 0.204 e. The minimum absolute atomic E-state index is 0.000595. The van der Waals surface area contributed by atoms with E-state index in [-0.39, 0.29) is 10.0 Å². The summed E-state index contributed by atoms with van der Waals surface area (Å²) in [5.41, 5.74) is 0.627. The van der Waals surface area contributed by atoms with Gasteiger partial charge >= 0.3 is 0 Å². The molecule has 4 heteroatoms. The van der Waals surface area contributed by atoms with E-state index in [0.29, 0.717) is 5.56 Å². The third-order valence-corrected chi connectivity index (χ3v) is 2.38. The Morgan fingerprint density at radius 1 is 1.29 bits per heavy atom. The van der Waals surface area contributed by atoms with Gasteiger partial charge in [-0.05, 0) is 12.1 Å². The van der Waals surface area contributed by atoms with Crippen LogP contribution in [0, 0.1) is 17.7 Å². The molecule has 0 spiro atoms. The molecule has 0 aliphatic rings. The van der Waals surface area contributed by atoms with E-state index in [1.165, 1.54) is 12.1 Å². The first-order valence-corrected chi connectivity index (χ1v) is 5.72. The molecule has 1 aromatic carbocycles. The molecule has 0 saturated heterocycles. The Hall–Kier alpha value is -0.230. The topological polar surface area (TPSA) is 0 Å². The highest BCUT2D eigenvalue weighted by molar-refractivity contribution is 9.09.